The van der Waals surface area contributed by atoms with E-state index in [2.05, 4.69) is 39.2 Å². The highest BCUT2D eigenvalue weighted by Gasteiger charge is 2.08. The van der Waals surface area contributed by atoms with E-state index < -0.39 is 0 Å². The molecule has 0 aliphatic carbocycles. The Morgan fingerprint density at radius 1 is 1.29 bits per heavy atom. The molecule has 0 bridgehead atoms. The van der Waals surface area contributed by atoms with Gasteiger partial charge in [0.25, 0.3) is 0 Å². The fraction of sp³-hybridized carbons (Fsp3) is 0.312. The second kappa shape index (κ2) is 7.78. The summed E-state index contributed by atoms with van der Waals surface area (Å²) in [5, 5.41) is 3.71. The fourth-order valence-electron chi connectivity index (χ4n) is 2.03. The Kier molecular flexibility index (Phi) is 6.03. The first-order valence-corrected chi connectivity index (χ1v) is 8.06. The van der Waals surface area contributed by atoms with Crippen LogP contribution in [0.1, 0.15) is 24.6 Å². The Bertz CT molecular complexity index is 595. The molecule has 1 aromatic carbocycles. The van der Waals surface area contributed by atoms with Crippen molar-refractivity contribution in [3.05, 3.63) is 51.1 Å². The van der Waals surface area contributed by atoms with Gasteiger partial charge in [-0.2, -0.15) is 0 Å². The number of hydrogen-bond acceptors (Lipinski definition) is 3. The van der Waals surface area contributed by atoms with E-state index in [4.69, 9.17) is 16.3 Å². The largest absolute Gasteiger partial charge is 0.437 e. The lowest BCUT2D eigenvalue weighted by molar-refractivity contribution is 0.459. The molecule has 5 heteroatoms. The third kappa shape index (κ3) is 4.70. The number of ether oxygens (including phenoxy) is 1. The molecule has 2 aromatic rings. The molecule has 1 heterocycles. The average Bonchev–Trinajstić information content (AvgIpc) is 2.42. The zero-order valence-electron chi connectivity index (χ0n) is 12.1. The maximum absolute atomic E-state index is 6.19. The van der Waals surface area contributed by atoms with Crippen molar-refractivity contribution in [3.63, 3.8) is 0 Å². The number of nitrogens with one attached hydrogen (secondary N) is 1. The van der Waals surface area contributed by atoms with Gasteiger partial charge in [0.1, 0.15) is 5.75 Å². The highest BCUT2D eigenvalue weighted by atomic mass is 79.9. The van der Waals surface area contributed by atoms with Gasteiger partial charge in [-0.1, -0.05) is 40.9 Å². The Labute approximate surface area is 138 Å². The highest BCUT2D eigenvalue weighted by molar-refractivity contribution is 9.10. The quantitative estimate of drug-likeness (QED) is 0.781. The van der Waals surface area contributed by atoms with E-state index in [0.29, 0.717) is 16.7 Å². The standard InChI is InChI=1S/C16H18BrClN2O/c1-3-4-13-7-11(10-19-2)8-16(20-13)21-15-6-5-12(17)9-14(15)18/h5-9,19H,3-4,10H2,1-2H3. The van der Waals surface area contributed by atoms with Crippen molar-refractivity contribution in [3.8, 4) is 11.6 Å². The maximum atomic E-state index is 6.19. The van der Waals surface area contributed by atoms with Crippen LogP contribution in [0.3, 0.4) is 0 Å². The summed E-state index contributed by atoms with van der Waals surface area (Å²) in [7, 11) is 1.92. The van der Waals surface area contributed by atoms with Crippen LogP contribution in [0.4, 0.5) is 0 Å². The molecule has 2 rings (SSSR count). The van der Waals surface area contributed by atoms with Gasteiger partial charge in [0.2, 0.25) is 5.88 Å². The summed E-state index contributed by atoms with van der Waals surface area (Å²) in [6, 6.07) is 9.58. The number of pyridine rings is 1. The van der Waals surface area contributed by atoms with Gasteiger partial charge in [-0.25, -0.2) is 4.98 Å². The number of aryl methyl sites for hydroxylation is 1. The molecule has 3 nitrogen and oxygen atoms in total. The second-order valence-electron chi connectivity index (χ2n) is 4.76. The summed E-state index contributed by atoms with van der Waals surface area (Å²) in [5.74, 6) is 1.19. The molecule has 0 saturated carbocycles. The first-order valence-electron chi connectivity index (χ1n) is 6.89. The number of halogens is 2. The van der Waals surface area contributed by atoms with Crippen LogP contribution >= 0.6 is 27.5 Å². The van der Waals surface area contributed by atoms with Crippen LogP contribution in [-0.4, -0.2) is 12.0 Å². The van der Waals surface area contributed by atoms with Crippen molar-refractivity contribution in [2.24, 2.45) is 0 Å². The van der Waals surface area contributed by atoms with Crippen molar-refractivity contribution in [2.75, 3.05) is 7.05 Å². The van der Waals surface area contributed by atoms with E-state index in [0.717, 1.165) is 35.1 Å². The summed E-state index contributed by atoms with van der Waals surface area (Å²) in [6.45, 7) is 2.92. The Balaban J connectivity index is 2.29. The van der Waals surface area contributed by atoms with Crippen LogP contribution in [0.15, 0.2) is 34.8 Å². The first-order chi connectivity index (χ1) is 10.1. The molecular formula is C16H18BrClN2O. The molecule has 0 aliphatic rings. The molecule has 112 valence electrons. The molecule has 0 atom stereocenters. The first kappa shape index (κ1) is 16.3. The number of hydrogen-bond donors (Lipinski definition) is 1. The van der Waals surface area contributed by atoms with E-state index in [1.165, 1.54) is 0 Å². The van der Waals surface area contributed by atoms with Crippen molar-refractivity contribution in [1.82, 2.24) is 10.3 Å². The predicted octanol–water partition coefficient (Wildman–Crippen LogP) is 4.96. The maximum Gasteiger partial charge on any atom is 0.219 e. The molecule has 0 amide bonds. The molecule has 0 radical (unpaired) electrons. The van der Waals surface area contributed by atoms with Crippen molar-refractivity contribution in [2.45, 2.75) is 26.3 Å². The Hall–Kier alpha value is -1.10. The van der Waals surface area contributed by atoms with Crippen LogP contribution < -0.4 is 10.1 Å². The van der Waals surface area contributed by atoms with E-state index in [1.807, 2.05) is 25.2 Å². The number of benzene rings is 1. The highest BCUT2D eigenvalue weighted by Crippen LogP contribution is 2.31. The second-order valence-corrected chi connectivity index (χ2v) is 6.08. The van der Waals surface area contributed by atoms with Gasteiger partial charge in [-0.15, -0.1) is 0 Å². The molecule has 1 aromatic heterocycles. The van der Waals surface area contributed by atoms with Crippen molar-refractivity contribution >= 4 is 27.5 Å². The Morgan fingerprint density at radius 2 is 2.10 bits per heavy atom. The van der Waals surface area contributed by atoms with Gasteiger partial charge in [0, 0.05) is 22.8 Å². The molecule has 1 N–H and O–H groups in total. The lowest BCUT2D eigenvalue weighted by atomic mass is 10.1. The molecule has 0 unspecified atom stereocenters. The zero-order valence-corrected chi connectivity index (χ0v) is 14.5. The average molecular weight is 370 g/mol. The minimum atomic E-state index is 0.558. The van der Waals surface area contributed by atoms with Gasteiger partial charge in [0.05, 0.1) is 5.02 Å². The minimum Gasteiger partial charge on any atom is -0.437 e. The minimum absolute atomic E-state index is 0.558. The number of rotatable bonds is 6. The summed E-state index contributed by atoms with van der Waals surface area (Å²) >= 11 is 9.57. The number of nitrogens with zero attached hydrogens (tertiary/aromatic N) is 1. The molecular weight excluding hydrogens is 352 g/mol. The Morgan fingerprint density at radius 3 is 2.76 bits per heavy atom. The topological polar surface area (TPSA) is 34.1 Å². The van der Waals surface area contributed by atoms with Gasteiger partial charge in [-0.05, 0) is 43.3 Å². The van der Waals surface area contributed by atoms with Crippen LogP contribution in [0, 0.1) is 0 Å². The third-order valence-electron chi connectivity index (χ3n) is 2.91. The summed E-state index contributed by atoms with van der Waals surface area (Å²) in [5.41, 5.74) is 2.19. The smallest absolute Gasteiger partial charge is 0.219 e. The summed E-state index contributed by atoms with van der Waals surface area (Å²) in [6.07, 6.45) is 1.98. The van der Waals surface area contributed by atoms with Gasteiger partial charge < -0.3 is 10.1 Å². The van der Waals surface area contributed by atoms with Crippen molar-refractivity contribution < 1.29 is 4.74 Å². The van der Waals surface area contributed by atoms with E-state index >= 15 is 0 Å². The molecule has 0 spiro atoms. The number of aromatic nitrogens is 1. The SMILES string of the molecule is CCCc1cc(CNC)cc(Oc2ccc(Br)cc2Cl)n1. The van der Waals surface area contributed by atoms with Gasteiger partial charge in [-0.3, -0.25) is 0 Å². The third-order valence-corrected chi connectivity index (χ3v) is 3.70. The summed E-state index contributed by atoms with van der Waals surface area (Å²) < 4.78 is 6.77. The van der Waals surface area contributed by atoms with Crippen LogP contribution in [-0.2, 0) is 13.0 Å². The molecule has 21 heavy (non-hydrogen) atoms. The van der Waals surface area contributed by atoms with E-state index in [-0.39, 0.29) is 0 Å². The lowest BCUT2D eigenvalue weighted by Crippen LogP contribution is -2.06. The molecule has 0 aliphatic heterocycles. The van der Waals surface area contributed by atoms with Crippen LogP contribution in [0.2, 0.25) is 5.02 Å². The van der Waals surface area contributed by atoms with Gasteiger partial charge >= 0.3 is 0 Å². The molecule has 0 saturated heterocycles. The van der Waals surface area contributed by atoms with Crippen LogP contribution in [0.5, 0.6) is 11.6 Å². The molecule has 0 fully saturated rings. The van der Waals surface area contributed by atoms with Gasteiger partial charge in [0.15, 0.2) is 0 Å². The fourth-order valence-corrected chi connectivity index (χ4v) is 2.75. The van der Waals surface area contributed by atoms with E-state index in [9.17, 15) is 0 Å². The summed E-state index contributed by atoms with van der Waals surface area (Å²) in [4.78, 5) is 4.54. The van der Waals surface area contributed by atoms with E-state index in [1.54, 1.807) is 6.07 Å². The zero-order chi connectivity index (χ0) is 15.2. The monoisotopic (exact) mass is 368 g/mol. The lowest BCUT2D eigenvalue weighted by Gasteiger charge is -2.11. The van der Waals surface area contributed by atoms with Crippen LogP contribution in [0.25, 0.3) is 0 Å². The predicted molar refractivity (Wildman–Crippen MR) is 90.2 cm³/mol. The van der Waals surface area contributed by atoms with Crippen molar-refractivity contribution in [1.29, 1.82) is 0 Å². The normalized spacial score (nSPS) is 10.7.